The van der Waals surface area contributed by atoms with Gasteiger partial charge in [-0.15, -0.1) is 11.8 Å². The van der Waals surface area contributed by atoms with Crippen molar-refractivity contribution in [1.82, 2.24) is 0 Å². The third-order valence-corrected chi connectivity index (χ3v) is 4.70. The number of thioether (sulfide) groups is 1. The lowest BCUT2D eigenvalue weighted by Crippen LogP contribution is -2.24. The summed E-state index contributed by atoms with van der Waals surface area (Å²) in [6.07, 6.45) is 4.96. The van der Waals surface area contributed by atoms with Crippen molar-refractivity contribution in [1.29, 1.82) is 0 Å². The molecule has 1 aromatic rings. The average Bonchev–Trinajstić information content (AvgIpc) is 2.97. The van der Waals surface area contributed by atoms with Gasteiger partial charge in [0, 0.05) is 30.8 Å². The molecule has 1 aromatic carbocycles. The number of methoxy groups -OCH3 is 1. The minimum Gasteiger partial charge on any atom is -0.465 e. The number of esters is 1. The molecule has 122 valence electrons. The molecule has 0 N–H and O–H groups in total. The van der Waals surface area contributed by atoms with Crippen molar-refractivity contribution in [3.8, 4) is 0 Å². The van der Waals surface area contributed by atoms with Crippen LogP contribution in [0.15, 0.2) is 41.3 Å². The summed E-state index contributed by atoms with van der Waals surface area (Å²) in [5.74, 6) is -0.534. The Hall–Kier alpha value is -2.28. The number of carbonyl (C=O) groups is 1. The van der Waals surface area contributed by atoms with Crippen molar-refractivity contribution in [2.24, 2.45) is 0 Å². The number of hydrogen-bond donors (Lipinski definition) is 0. The van der Waals surface area contributed by atoms with Gasteiger partial charge in [-0.3, -0.25) is 10.1 Å². The summed E-state index contributed by atoms with van der Waals surface area (Å²) in [5, 5.41) is 10.7. The van der Waals surface area contributed by atoms with Crippen LogP contribution in [0, 0.1) is 10.1 Å². The lowest BCUT2D eigenvalue weighted by atomic mass is 10.1. The molecule has 0 saturated heterocycles. The third-order valence-electron chi connectivity index (χ3n) is 3.44. The Balaban J connectivity index is 2.12. The molecule has 0 aliphatic carbocycles. The van der Waals surface area contributed by atoms with E-state index in [1.807, 2.05) is 49.3 Å². The van der Waals surface area contributed by atoms with E-state index in [4.69, 9.17) is 0 Å². The molecule has 0 spiro atoms. The van der Waals surface area contributed by atoms with E-state index in [0.717, 1.165) is 23.0 Å². The molecule has 0 saturated carbocycles. The minimum absolute atomic E-state index is 0.284. The summed E-state index contributed by atoms with van der Waals surface area (Å²) in [7, 11) is 5.18. The molecule has 0 amide bonds. The molecule has 0 aromatic heterocycles. The van der Waals surface area contributed by atoms with Crippen molar-refractivity contribution in [2.45, 2.75) is 11.3 Å². The van der Waals surface area contributed by atoms with Crippen LogP contribution < -0.4 is 4.90 Å². The molecular weight excluding hydrogens is 316 g/mol. The van der Waals surface area contributed by atoms with Gasteiger partial charge in [-0.25, -0.2) is 4.79 Å². The summed E-state index contributed by atoms with van der Waals surface area (Å²) in [6, 6.07) is 6.92. The first-order valence-electron chi connectivity index (χ1n) is 6.98. The van der Waals surface area contributed by atoms with E-state index in [1.165, 1.54) is 13.2 Å². The molecule has 1 aliphatic rings. The van der Waals surface area contributed by atoms with Crippen molar-refractivity contribution < 1.29 is 14.5 Å². The number of anilines is 1. The number of carbonyl (C=O) groups excluding carboxylic acids is 1. The maximum Gasteiger partial charge on any atom is 0.344 e. The molecule has 6 nitrogen and oxygen atoms in total. The van der Waals surface area contributed by atoms with E-state index >= 15 is 0 Å². The second-order valence-electron chi connectivity index (χ2n) is 5.23. The second-order valence-corrected chi connectivity index (χ2v) is 6.45. The first-order chi connectivity index (χ1) is 10.9. The van der Waals surface area contributed by atoms with Gasteiger partial charge in [-0.1, -0.05) is 24.3 Å². The molecule has 2 atom stereocenters. The maximum absolute atomic E-state index is 11.5. The molecular formula is C16H18N2O4S. The van der Waals surface area contributed by atoms with Crippen LogP contribution in [-0.2, 0) is 9.53 Å². The number of hydrogen-bond acceptors (Lipinski definition) is 6. The fraction of sp³-hybridized carbons (Fsp3) is 0.312. The van der Waals surface area contributed by atoms with Gasteiger partial charge in [0.15, 0.2) is 0 Å². The van der Waals surface area contributed by atoms with Crippen LogP contribution in [-0.4, -0.2) is 43.4 Å². The predicted molar refractivity (Wildman–Crippen MR) is 92.1 cm³/mol. The quantitative estimate of drug-likeness (QED) is 0.468. The fourth-order valence-corrected chi connectivity index (χ4v) is 3.31. The van der Waals surface area contributed by atoms with Crippen LogP contribution in [0.3, 0.4) is 0 Å². The Labute approximate surface area is 139 Å². The summed E-state index contributed by atoms with van der Waals surface area (Å²) >= 11 is 1.16. The maximum atomic E-state index is 11.5. The van der Waals surface area contributed by atoms with E-state index in [-0.39, 0.29) is 9.83 Å². The highest BCUT2D eigenvalue weighted by Crippen LogP contribution is 2.35. The van der Waals surface area contributed by atoms with Crippen LogP contribution in [0.5, 0.6) is 0 Å². The van der Waals surface area contributed by atoms with Crippen molar-refractivity contribution in [2.75, 3.05) is 26.1 Å². The van der Waals surface area contributed by atoms with Crippen LogP contribution in [0.4, 0.5) is 5.69 Å². The van der Waals surface area contributed by atoms with E-state index in [9.17, 15) is 14.9 Å². The summed E-state index contributed by atoms with van der Waals surface area (Å²) < 4.78 is 4.63. The van der Waals surface area contributed by atoms with Crippen LogP contribution in [0.2, 0.25) is 0 Å². The smallest absolute Gasteiger partial charge is 0.344 e. The molecule has 0 bridgehead atoms. The summed E-state index contributed by atoms with van der Waals surface area (Å²) in [4.78, 5) is 24.6. The van der Waals surface area contributed by atoms with Gasteiger partial charge in [-0.05, 0) is 17.7 Å². The first kappa shape index (κ1) is 17.1. The summed E-state index contributed by atoms with van der Waals surface area (Å²) in [6.45, 7) is 0. The molecule has 1 aliphatic heterocycles. The largest absolute Gasteiger partial charge is 0.465 e. The second kappa shape index (κ2) is 7.32. The van der Waals surface area contributed by atoms with Gasteiger partial charge in [-0.2, -0.15) is 0 Å². The molecule has 0 radical (unpaired) electrons. The summed E-state index contributed by atoms with van der Waals surface area (Å²) in [5.41, 5.74) is 2.03. The first-order valence-corrected chi connectivity index (χ1v) is 7.86. The van der Waals surface area contributed by atoms with E-state index in [0.29, 0.717) is 0 Å². The number of nitro groups is 1. The van der Waals surface area contributed by atoms with E-state index < -0.39 is 17.3 Å². The highest BCUT2D eigenvalue weighted by Gasteiger charge is 2.38. The minimum atomic E-state index is -0.925. The van der Waals surface area contributed by atoms with Gasteiger partial charge in [0.25, 0.3) is 0 Å². The van der Waals surface area contributed by atoms with Gasteiger partial charge >= 0.3 is 5.97 Å². The Bertz CT molecular complexity index is 653. The number of ether oxygens (including phenoxy) is 1. The highest BCUT2D eigenvalue weighted by molar-refractivity contribution is 8.05. The lowest BCUT2D eigenvalue weighted by Gasteiger charge is -2.12. The molecule has 23 heavy (non-hydrogen) atoms. The molecule has 7 heteroatoms. The van der Waals surface area contributed by atoms with Crippen molar-refractivity contribution >= 4 is 29.5 Å². The van der Waals surface area contributed by atoms with Gasteiger partial charge in [0.05, 0.1) is 17.3 Å². The lowest BCUT2D eigenvalue weighted by molar-refractivity contribution is -0.506. The van der Waals surface area contributed by atoms with Crippen molar-refractivity contribution in [3.63, 3.8) is 0 Å². The molecule has 0 unspecified atom stereocenters. The van der Waals surface area contributed by atoms with Gasteiger partial charge in [0.1, 0.15) is 0 Å². The topological polar surface area (TPSA) is 72.7 Å². The third kappa shape index (κ3) is 4.13. The fourth-order valence-electron chi connectivity index (χ4n) is 2.15. The molecule has 1 heterocycles. The molecule has 2 rings (SSSR count). The van der Waals surface area contributed by atoms with Crippen LogP contribution in [0.25, 0.3) is 6.08 Å². The number of benzene rings is 1. The highest BCUT2D eigenvalue weighted by atomic mass is 32.2. The Kier molecular flexibility index (Phi) is 5.44. The predicted octanol–water partition coefficient (Wildman–Crippen LogP) is 2.58. The zero-order valence-electron chi connectivity index (χ0n) is 13.1. The van der Waals surface area contributed by atoms with E-state index in [1.54, 1.807) is 6.08 Å². The zero-order valence-corrected chi connectivity index (χ0v) is 13.9. The Morgan fingerprint density at radius 1 is 1.35 bits per heavy atom. The molecule has 0 fully saturated rings. The zero-order chi connectivity index (χ0) is 17.0. The van der Waals surface area contributed by atoms with Gasteiger partial charge < -0.3 is 9.64 Å². The standard InChI is InChI=1S/C16H18N2O4S/c1-17(2)12-7-4-11(5-8-12)6-9-14-13(18(20)21)10-15(23-14)16(19)22-3/h4-10,13-14H,1-3H3/b9-6-/t13-,14+/m0/s1. The normalized spacial score (nSPS) is 20.4. The van der Waals surface area contributed by atoms with Gasteiger partial charge in [0.2, 0.25) is 6.04 Å². The van der Waals surface area contributed by atoms with Crippen LogP contribution in [0.1, 0.15) is 5.56 Å². The van der Waals surface area contributed by atoms with Crippen LogP contribution >= 0.6 is 11.8 Å². The van der Waals surface area contributed by atoms with Crippen molar-refractivity contribution in [3.05, 3.63) is 57.0 Å². The number of nitrogens with zero attached hydrogens (tertiary/aromatic N) is 2. The average molecular weight is 334 g/mol. The Morgan fingerprint density at radius 3 is 2.52 bits per heavy atom. The Morgan fingerprint density at radius 2 is 2.00 bits per heavy atom. The SMILES string of the molecule is COC(=O)C1=C[C@H]([N+](=O)[O-])[C@@H](/C=C\c2ccc(N(C)C)cc2)S1. The monoisotopic (exact) mass is 334 g/mol. The number of rotatable bonds is 5. The van der Waals surface area contributed by atoms with E-state index in [2.05, 4.69) is 4.74 Å².